The van der Waals surface area contributed by atoms with Gasteiger partial charge < -0.3 is 14.8 Å². The molecule has 9 heteroatoms. The van der Waals surface area contributed by atoms with Crippen molar-refractivity contribution in [2.75, 3.05) is 26.1 Å². The van der Waals surface area contributed by atoms with E-state index in [1.54, 1.807) is 18.2 Å². The van der Waals surface area contributed by atoms with Crippen LogP contribution in [0, 0.1) is 0 Å². The van der Waals surface area contributed by atoms with E-state index >= 15 is 0 Å². The van der Waals surface area contributed by atoms with Gasteiger partial charge in [0.1, 0.15) is 18.0 Å². The van der Waals surface area contributed by atoms with Crippen molar-refractivity contribution in [1.82, 2.24) is 4.90 Å². The number of carbonyl (C=O) groups is 3. The molecule has 0 saturated heterocycles. The van der Waals surface area contributed by atoms with E-state index in [-0.39, 0.29) is 21.2 Å². The van der Waals surface area contributed by atoms with Crippen LogP contribution in [0.15, 0.2) is 30.3 Å². The van der Waals surface area contributed by atoms with E-state index in [9.17, 15) is 14.4 Å². The first kappa shape index (κ1) is 19.0. The largest absolute Gasteiger partial charge is 0.497 e. The number of amides is 3. The van der Waals surface area contributed by atoms with Gasteiger partial charge in [0.05, 0.1) is 41.1 Å². The Labute approximate surface area is 164 Å². The number of methoxy groups -OCH3 is 2. The summed E-state index contributed by atoms with van der Waals surface area (Å²) in [4.78, 5) is 38.1. The van der Waals surface area contributed by atoms with Crippen molar-refractivity contribution in [3.8, 4) is 11.5 Å². The second-order valence-electron chi connectivity index (χ2n) is 5.62. The molecule has 0 aromatic heterocycles. The van der Waals surface area contributed by atoms with Gasteiger partial charge in [0.2, 0.25) is 5.91 Å². The van der Waals surface area contributed by atoms with Gasteiger partial charge in [-0.2, -0.15) is 0 Å². The summed E-state index contributed by atoms with van der Waals surface area (Å²) in [6.07, 6.45) is 0. The van der Waals surface area contributed by atoms with Crippen molar-refractivity contribution in [2.24, 2.45) is 0 Å². The number of halogens is 2. The molecule has 0 bridgehead atoms. The summed E-state index contributed by atoms with van der Waals surface area (Å²) < 4.78 is 10.3. The molecular weight excluding hydrogens is 395 g/mol. The molecule has 0 aliphatic carbocycles. The highest BCUT2D eigenvalue weighted by molar-refractivity contribution is 6.43. The van der Waals surface area contributed by atoms with Gasteiger partial charge in [0.15, 0.2) is 0 Å². The molecule has 2 aromatic rings. The third kappa shape index (κ3) is 3.56. The zero-order chi connectivity index (χ0) is 19.7. The highest BCUT2D eigenvalue weighted by Crippen LogP contribution is 2.32. The summed E-state index contributed by atoms with van der Waals surface area (Å²) in [6.45, 7) is -0.462. The summed E-state index contributed by atoms with van der Waals surface area (Å²) in [5, 5.41) is 2.93. The van der Waals surface area contributed by atoms with Crippen LogP contribution in [-0.2, 0) is 4.79 Å². The third-order valence-corrected chi connectivity index (χ3v) is 4.72. The fourth-order valence-corrected chi connectivity index (χ4v) is 2.99. The second kappa shape index (κ2) is 7.46. The predicted octanol–water partition coefficient (Wildman–Crippen LogP) is 3.25. The number of fused-ring (bicyclic) bond motifs is 1. The maximum Gasteiger partial charge on any atom is 0.262 e. The van der Waals surface area contributed by atoms with Crippen LogP contribution in [-0.4, -0.2) is 43.4 Å². The zero-order valence-electron chi connectivity index (χ0n) is 14.3. The summed E-state index contributed by atoms with van der Waals surface area (Å²) in [5.41, 5.74) is 0.611. The quantitative estimate of drug-likeness (QED) is 0.767. The number of anilines is 1. The van der Waals surface area contributed by atoms with E-state index in [4.69, 9.17) is 32.7 Å². The number of imide groups is 1. The van der Waals surface area contributed by atoms with E-state index in [0.29, 0.717) is 17.2 Å². The van der Waals surface area contributed by atoms with Crippen molar-refractivity contribution in [1.29, 1.82) is 0 Å². The average molecular weight is 409 g/mol. The monoisotopic (exact) mass is 408 g/mol. The van der Waals surface area contributed by atoms with Gasteiger partial charge in [-0.3, -0.25) is 19.3 Å². The molecule has 0 spiro atoms. The first-order valence-corrected chi connectivity index (χ1v) is 8.48. The molecule has 140 valence electrons. The second-order valence-corrected chi connectivity index (χ2v) is 6.44. The Morgan fingerprint density at radius 1 is 1.00 bits per heavy atom. The van der Waals surface area contributed by atoms with Crippen LogP contribution in [0.1, 0.15) is 20.7 Å². The van der Waals surface area contributed by atoms with Gasteiger partial charge in [0.25, 0.3) is 11.8 Å². The molecule has 7 nitrogen and oxygen atoms in total. The molecule has 3 rings (SSSR count). The van der Waals surface area contributed by atoms with E-state index in [1.807, 2.05) is 0 Å². The SMILES string of the molecule is COc1ccc(NC(=O)CN2C(=O)c3cc(Cl)c(Cl)cc3C2=O)c(OC)c1. The topological polar surface area (TPSA) is 84.9 Å². The van der Waals surface area contributed by atoms with Crippen LogP contribution in [0.2, 0.25) is 10.0 Å². The molecule has 1 aliphatic rings. The predicted molar refractivity (Wildman–Crippen MR) is 100 cm³/mol. The highest BCUT2D eigenvalue weighted by Gasteiger charge is 2.37. The van der Waals surface area contributed by atoms with Gasteiger partial charge in [-0.1, -0.05) is 23.2 Å². The molecule has 1 N–H and O–H groups in total. The van der Waals surface area contributed by atoms with E-state index in [2.05, 4.69) is 5.32 Å². The molecule has 27 heavy (non-hydrogen) atoms. The molecule has 0 saturated carbocycles. The lowest BCUT2D eigenvalue weighted by molar-refractivity contribution is -0.116. The average Bonchev–Trinajstić information content (AvgIpc) is 2.87. The van der Waals surface area contributed by atoms with Crippen molar-refractivity contribution in [2.45, 2.75) is 0 Å². The molecule has 1 aliphatic heterocycles. The maximum absolute atomic E-state index is 12.4. The van der Waals surface area contributed by atoms with Crippen LogP contribution in [0.3, 0.4) is 0 Å². The molecule has 2 aromatic carbocycles. The third-order valence-electron chi connectivity index (χ3n) is 4.00. The Bertz CT molecular complexity index is 920. The normalized spacial score (nSPS) is 12.8. The Kier molecular flexibility index (Phi) is 5.25. The number of rotatable bonds is 5. The van der Waals surface area contributed by atoms with Crippen LogP contribution in [0.25, 0.3) is 0 Å². The lowest BCUT2D eigenvalue weighted by Gasteiger charge is -2.15. The Balaban J connectivity index is 1.77. The lowest BCUT2D eigenvalue weighted by atomic mass is 10.1. The summed E-state index contributed by atoms with van der Waals surface area (Å²) in [6, 6.07) is 7.48. The van der Waals surface area contributed by atoms with E-state index in [0.717, 1.165) is 4.90 Å². The molecule has 0 unspecified atom stereocenters. The van der Waals surface area contributed by atoms with Gasteiger partial charge in [0, 0.05) is 6.07 Å². The molecule has 0 atom stereocenters. The van der Waals surface area contributed by atoms with Gasteiger partial charge >= 0.3 is 0 Å². The minimum absolute atomic E-state index is 0.115. The van der Waals surface area contributed by atoms with Crippen LogP contribution < -0.4 is 14.8 Å². The van der Waals surface area contributed by atoms with E-state index in [1.165, 1.54) is 26.4 Å². The van der Waals surface area contributed by atoms with E-state index < -0.39 is 24.3 Å². The summed E-state index contributed by atoms with van der Waals surface area (Å²) in [5.74, 6) is -0.844. The first-order chi connectivity index (χ1) is 12.8. The number of nitrogens with zero attached hydrogens (tertiary/aromatic N) is 1. The fourth-order valence-electron chi connectivity index (χ4n) is 2.66. The Morgan fingerprint density at radius 2 is 1.59 bits per heavy atom. The lowest BCUT2D eigenvalue weighted by Crippen LogP contribution is -2.37. The Hall–Kier alpha value is -2.77. The van der Waals surface area contributed by atoms with Crippen LogP contribution in [0.4, 0.5) is 5.69 Å². The number of hydrogen-bond acceptors (Lipinski definition) is 5. The van der Waals surface area contributed by atoms with Gasteiger partial charge in [-0.25, -0.2) is 0 Å². The minimum Gasteiger partial charge on any atom is -0.497 e. The minimum atomic E-state index is -0.606. The standard InChI is InChI=1S/C18H14Cl2N2O5/c1-26-9-3-4-14(15(5-9)27-2)21-16(23)8-22-17(24)10-6-12(19)13(20)7-11(10)18(22)25/h3-7H,8H2,1-2H3,(H,21,23). The molecule has 3 amide bonds. The number of carbonyl (C=O) groups excluding carboxylic acids is 3. The summed E-state index contributed by atoms with van der Waals surface area (Å²) in [7, 11) is 2.95. The summed E-state index contributed by atoms with van der Waals surface area (Å²) >= 11 is 11.8. The van der Waals surface area contributed by atoms with Crippen molar-refractivity contribution < 1.29 is 23.9 Å². The smallest absolute Gasteiger partial charge is 0.262 e. The highest BCUT2D eigenvalue weighted by atomic mass is 35.5. The number of hydrogen-bond donors (Lipinski definition) is 1. The molecule has 1 heterocycles. The number of benzene rings is 2. The Morgan fingerprint density at radius 3 is 2.11 bits per heavy atom. The zero-order valence-corrected chi connectivity index (χ0v) is 15.9. The van der Waals surface area contributed by atoms with Crippen LogP contribution in [0.5, 0.6) is 11.5 Å². The van der Waals surface area contributed by atoms with Crippen molar-refractivity contribution in [3.63, 3.8) is 0 Å². The van der Waals surface area contributed by atoms with Gasteiger partial charge in [-0.15, -0.1) is 0 Å². The number of ether oxygens (including phenoxy) is 2. The number of nitrogens with one attached hydrogen (secondary N) is 1. The molecule has 0 fully saturated rings. The molecular formula is C18H14Cl2N2O5. The molecule has 0 radical (unpaired) electrons. The fraction of sp³-hybridized carbons (Fsp3) is 0.167. The van der Waals surface area contributed by atoms with Gasteiger partial charge in [-0.05, 0) is 24.3 Å². The van der Waals surface area contributed by atoms with Crippen molar-refractivity contribution >= 4 is 46.6 Å². The maximum atomic E-state index is 12.4. The van der Waals surface area contributed by atoms with Crippen molar-refractivity contribution in [3.05, 3.63) is 51.5 Å². The first-order valence-electron chi connectivity index (χ1n) is 7.72. The van der Waals surface area contributed by atoms with Crippen LogP contribution >= 0.6 is 23.2 Å².